The zero-order valence-electron chi connectivity index (χ0n) is 11.1. The maximum absolute atomic E-state index is 12.6. The lowest BCUT2D eigenvalue weighted by Crippen LogP contribution is -2.62. The second kappa shape index (κ2) is 4.72. The number of aromatic nitrogens is 1. The minimum Gasteiger partial charge on any atom is -0.365 e. The number of H-pyrrole nitrogens is 1. The molecule has 0 radical (unpaired) electrons. The van der Waals surface area contributed by atoms with E-state index in [2.05, 4.69) is 10.3 Å². The van der Waals surface area contributed by atoms with E-state index in [0.717, 1.165) is 31.4 Å². The van der Waals surface area contributed by atoms with Crippen LogP contribution in [0.5, 0.6) is 0 Å². The van der Waals surface area contributed by atoms with Gasteiger partial charge in [0.2, 0.25) is 5.91 Å². The smallest absolute Gasteiger partial charge is 0.256 e. The number of nitrogens with one attached hydrogen (secondary N) is 2. The highest BCUT2D eigenvalue weighted by Crippen LogP contribution is 2.27. The molecular weight excluding hydrogens is 242 g/mol. The molecule has 5 nitrogen and oxygen atoms in total. The number of nitrogens with zero attached hydrogens (tertiary/aromatic N) is 1. The molecule has 2 atom stereocenters. The normalized spacial score (nSPS) is 26.8. The topological polar surface area (TPSA) is 65.2 Å². The molecule has 19 heavy (non-hydrogen) atoms. The van der Waals surface area contributed by atoms with E-state index in [0.29, 0.717) is 5.56 Å². The number of fused-ring (bicyclic) bond motifs is 1. The van der Waals surface area contributed by atoms with E-state index in [1.165, 1.54) is 0 Å². The van der Waals surface area contributed by atoms with Crippen LogP contribution in [0.2, 0.25) is 0 Å². The lowest BCUT2D eigenvalue weighted by atomic mass is 9.87. The Kier molecular flexibility index (Phi) is 3.05. The van der Waals surface area contributed by atoms with E-state index in [1.54, 1.807) is 17.2 Å². The number of hydrogen-bond donors (Lipinski definition) is 2. The van der Waals surface area contributed by atoms with Gasteiger partial charge in [0, 0.05) is 17.9 Å². The van der Waals surface area contributed by atoms with Gasteiger partial charge < -0.3 is 15.2 Å². The van der Waals surface area contributed by atoms with Crippen LogP contribution in [0.25, 0.3) is 0 Å². The van der Waals surface area contributed by atoms with E-state index in [9.17, 15) is 9.59 Å². The second-order valence-corrected chi connectivity index (χ2v) is 5.48. The highest BCUT2D eigenvalue weighted by molar-refractivity contribution is 5.98. The van der Waals surface area contributed by atoms with E-state index in [1.807, 2.05) is 6.92 Å². The van der Waals surface area contributed by atoms with Gasteiger partial charge in [-0.25, -0.2) is 0 Å². The van der Waals surface area contributed by atoms with Crippen molar-refractivity contribution >= 4 is 11.8 Å². The molecule has 5 heteroatoms. The predicted molar refractivity (Wildman–Crippen MR) is 70.8 cm³/mol. The summed E-state index contributed by atoms with van der Waals surface area (Å²) in [6.45, 7) is 2.07. The van der Waals surface area contributed by atoms with Crippen molar-refractivity contribution in [2.45, 2.75) is 44.7 Å². The fraction of sp³-hybridized carbons (Fsp3) is 0.571. The van der Waals surface area contributed by atoms with Gasteiger partial charge in [0.05, 0.1) is 11.6 Å². The number of carbonyl (C=O) groups excluding carboxylic acids is 2. The Morgan fingerprint density at radius 1 is 1.37 bits per heavy atom. The second-order valence-electron chi connectivity index (χ2n) is 5.48. The van der Waals surface area contributed by atoms with Gasteiger partial charge in [-0.05, 0) is 25.8 Å². The summed E-state index contributed by atoms with van der Waals surface area (Å²) in [4.78, 5) is 29.2. The maximum atomic E-state index is 12.6. The van der Waals surface area contributed by atoms with Crippen LogP contribution in [0.1, 0.15) is 41.7 Å². The average molecular weight is 261 g/mol. The van der Waals surface area contributed by atoms with E-state index in [-0.39, 0.29) is 30.4 Å². The molecule has 1 aliphatic carbocycles. The molecule has 3 rings (SSSR count). The molecule has 0 unspecified atom stereocenters. The van der Waals surface area contributed by atoms with E-state index in [4.69, 9.17) is 0 Å². The third kappa shape index (κ3) is 2.13. The number of amides is 2. The molecule has 2 fully saturated rings. The van der Waals surface area contributed by atoms with Gasteiger partial charge in [-0.3, -0.25) is 9.59 Å². The summed E-state index contributed by atoms with van der Waals surface area (Å²) in [7, 11) is 0. The maximum Gasteiger partial charge on any atom is 0.256 e. The summed E-state index contributed by atoms with van der Waals surface area (Å²) in [6.07, 6.45) is 6.00. The Balaban J connectivity index is 1.87. The van der Waals surface area contributed by atoms with Crippen molar-refractivity contribution in [2.24, 2.45) is 0 Å². The van der Waals surface area contributed by atoms with Gasteiger partial charge in [-0.1, -0.05) is 12.8 Å². The number of aromatic amines is 1. The molecule has 1 aromatic rings. The predicted octanol–water partition coefficient (Wildman–Crippen LogP) is 1.21. The number of rotatable bonds is 1. The van der Waals surface area contributed by atoms with Crippen LogP contribution in [-0.4, -0.2) is 40.3 Å². The van der Waals surface area contributed by atoms with Gasteiger partial charge in [0.1, 0.15) is 6.54 Å². The van der Waals surface area contributed by atoms with Gasteiger partial charge in [-0.15, -0.1) is 0 Å². The monoisotopic (exact) mass is 261 g/mol. The van der Waals surface area contributed by atoms with Crippen molar-refractivity contribution in [1.82, 2.24) is 15.2 Å². The first kappa shape index (κ1) is 12.3. The minimum atomic E-state index is -0.0373. The minimum absolute atomic E-state index is 0.0227. The SMILES string of the molecule is Cc1[nH]ccc1C(=O)N1CC(=O)N[C@H]2CCCC[C@@H]21. The van der Waals surface area contributed by atoms with Crippen LogP contribution in [0, 0.1) is 6.92 Å². The zero-order valence-corrected chi connectivity index (χ0v) is 11.1. The van der Waals surface area contributed by atoms with Gasteiger partial charge in [-0.2, -0.15) is 0 Å². The number of piperazine rings is 1. The van der Waals surface area contributed by atoms with Crippen LogP contribution in [-0.2, 0) is 4.79 Å². The Morgan fingerprint density at radius 2 is 2.16 bits per heavy atom. The van der Waals surface area contributed by atoms with E-state index < -0.39 is 0 Å². The van der Waals surface area contributed by atoms with Crippen LogP contribution in [0.4, 0.5) is 0 Å². The average Bonchev–Trinajstić information content (AvgIpc) is 2.83. The summed E-state index contributed by atoms with van der Waals surface area (Å²) in [5.41, 5.74) is 1.54. The molecule has 2 aliphatic rings. The van der Waals surface area contributed by atoms with Crippen LogP contribution < -0.4 is 5.32 Å². The molecule has 1 aromatic heterocycles. The van der Waals surface area contributed by atoms with Gasteiger partial charge in [0.25, 0.3) is 5.91 Å². The molecule has 0 spiro atoms. The Labute approximate surface area is 112 Å². The lowest BCUT2D eigenvalue weighted by Gasteiger charge is -2.43. The first-order valence-corrected chi connectivity index (χ1v) is 6.91. The van der Waals surface area contributed by atoms with Crippen molar-refractivity contribution in [2.75, 3.05) is 6.54 Å². The molecular formula is C14H19N3O2. The Hall–Kier alpha value is -1.78. The van der Waals surface area contributed by atoms with Gasteiger partial charge in [0.15, 0.2) is 0 Å². The van der Waals surface area contributed by atoms with Crippen molar-refractivity contribution < 1.29 is 9.59 Å². The highest BCUT2D eigenvalue weighted by atomic mass is 16.2. The molecule has 1 saturated carbocycles. The summed E-state index contributed by atoms with van der Waals surface area (Å²) in [5, 5.41) is 3.02. The van der Waals surface area contributed by atoms with Crippen molar-refractivity contribution in [1.29, 1.82) is 0 Å². The van der Waals surface area contributed by atoms with Crippen molar-refractivity contribution in [3.05, 3.63) is 23.5 Å². The van der Waals surface area contributed by atoms with Crippen LogP contribution >= 0.6 is 0 Å². The molecule has 2 amide bonds. The van der Waals surface area contributed by atoms with Gasteiger partial charge >= 0.3 is 0 Å². The van der Waals surface area contributed by atoms with Crippen LogP contribution in [0.3, 0.4) is 0 Å². The molecule has 2 heterocycles. The molecule has 102 valence electrons. The molecule has 0 bridgehead atoms. The Morgan fingerprint density at radius 3 is 2.89 bits per heavy atom. The number of carbonyl (C=O) groups is 2. The largest absolute Gasteiger partial charge is 0.365 e. The summed E-state index contributed by atoms with van der Waals surface area (Å²) >= 11 is 0. The standard InChI is InChI=1S/C14H19N3O2/c1-9-10(6-7-15-9)14(19)17-8-13(18)16-11-4-2-3-5-12(11)17/h6-7,11-12,15H,2-5,8H2,1H3,(H,16,18)/t11-,12-/m0/s1. The molecule has 2 N–H and O–H groups in total. The van der Waals surface area contributed by atoms with Crippen molar-refractivity contribution in [3.8, 4) is 0 Å². The molecule has 1 saturated heterocycles. The number of aryl methyl sites for hydroxylation is 1. The molecule has 0 aromatic carbocycles. The van der Waals surface area contributed by atoms with Crippen molar-refractivity contribution in [3.63, 3.8) is 0 Å². The highest BCUT2D eigenvalue weighted by Gasteiger charge is 2.39. The first-order valence-electron chi connectivity index (χ1n) is 6.91. The summed E-state index contributed by atoms with van der Waals surface area (Å²) in [6, 6.07) is 2.09. The fourth-order valence-corrected chi connectivity index (χ4v) is 3.24. The number of hydrogen-bond acceptors (Lipinski definition) is 2. The zero-order chi connectivity index (χ0) is 13.4. The third-order valence-corrected chi connectivity index (χ3v) is 4.24. The Bertz CT molecular complexity index is 509. The fourth-order valence-electron chi connectivity index (χ4n) is 3.24. The first-order chi connectivity index (χ1) is 9.16. The summed E-state index contributed by atoms with van der Waals surface area (Å²) < 4.78 is 0. The quantitative estimate of drug-likeness (QED) is 0.798. The molecule has 1 aliphatic heterocycles. The van der Waals surface area contributed by atoms with Crippen LogP contribution in [0.15, 0.2) is 12.3 Å². The third-order valence-electron chi connectivity index (χ3n) is 4.24. The van der Waals surface area contributed by atoms with E-state index >= 15 is 0 Å². The lowest BCUT2D eigenvalue weighted by molar-refractivity contribution is -0.127. The summed E-state index contributed by atoms with van der Waals surface area (Å²) in [5.74, 6) is -0.0600.